The molecule has 0 spiro atoms. The van der Waals surface area contributed by atoms with Gasteiger partial charge in [0.15, 0.2) is 0 Å². The minimum atomic E-state index is -3.82. The number of halogens is 1. The van der Waals surface area contributed by atoms with Gasteiger partial charge in [-0.2, -0.15) is 0 Å². The van der Waals surface area contributed by atoms with Gasteiger partial charge in [0, 0.05) is 35.9 Å². The molecule has 1 aliphatic heterocycles. The van der Waals surface area contributed by atoms with Crippen molar-refractivity contribution in [2.45, 2.75) is 30.8 Å². The van der Waals surface area contributed by atoms with Crippen LogP contribution in [0.1, 0.15) is 30.3 Å². The van der Waals surface area contributed by atoms with E-state index in [4.69, 9.17) is 15.4 Å². The van der Waals surface area contributed by atoms with Gasteiger partial charge in [0.2, 0.25) is 0 Å². The normalized spacial score (nSPS) is 22.9. The van der Waals surface area contributed by atoms with Crippen LogP contribution in [0.3, 0.4) is 0 Å². The number of hydrogen-bond donors (Lipinski definition) is 2. The highest BCUT2D eigenvalue weighted by Gasteiger charge is 2.27. The van der Waals surface area contributed by atoms with Crippen LogP contribution < -0.4 is 5.32 Å². The standard InChI is InChI=1S/C12H17ClN2O4S/c1-2-11-8(3-4-19-11)6-15-12(16)10-5-9(7-14-10)20(13,17)18/h5,7-8,11,14H,2-4,6H2,1H3,(H,15,16). The summed E-state index contributed by atoms with van der Waals surface area (Å²) in [5.41, 5.74) is 0.177. The van der Waals surface area contributed by atoms with Gasteiger partial charge < -0.3 is 15.0 Å². The van der Waals surface area contributed by atoms with Crippen LogP contribution >= 0.6 is 10.7 Å². The Bertz CT molecular complexity index is 584. The number of ether oxygens (including phenoxy) is 1. The Kier molecular flexibility index (Phi) is 4.72. The summed E-state index contributed by atoms with van der Waals surface area (Å²) in [6.45, 7) is 3.28. The van der Waals surface area contributed by atoms with Gasteiger partial charge in [0.1, 0.15) is 10.6 Å². The van der Waals surface area contributed by atoms with Crippen molar-refractivity contribution in [3.63, 3.8) is 0 Å². The van der Waals surface area contributed by atoms with Gasteiger partial charge in [-0.15, -0.1) is 0 Å². The third kappa shape index (κ3) is 3.53. The summed E-state index contributed by atoms with van der Waals surface area (Å²) < 4.78 is 27.8. The Hall–Kier alpha value is -1.05. The molecule has 0 aliphatic carbocycles. The number of nitrogens with one attached hydrogen (secondary N) is 2. The third-order valence-corrected chi connectivity index (χ3v) is 4.79. The average Bonchev–Trinajstić information content (AvgIpc) is 3.03. The minimum absolute atomic E-state index is 0.111. The van der Waals surface area contributed by atoms with E-state index in [1.54, 1.807) is 0 Å². The number of hydrogen-bond acceptors (Lipinski definition) is 4. The Balaban J connectivity index is 1.94. The second-order valence-electron chi connectivity index (χ2n) is 4.76. The fourth-order valence-electron chi connectivity index (χ4n) is 2.34. The number of carbonyl (C=O) groups excluding carboxylic acids is 1. The quantitative estimate of drug-likeness (QED) is 0.804. The summed E-state index contributed by atoms with van der Waals surface area (Å²) in [5, 5.41) is 2.78. The molecule has 8 heteroatoms. The molecule has 1 aromatic rings. The van der Waals surface area contributed by atoms with Crippen LogP contribution in [0.5, 0.6) is 0 Å². The lowest BCUT2D eigenvalue weighted by Gasteiger charge is -2.16. The Labute approximate surface area is 122 Å². The molecule has 2 atom stereocenters. The van der Waals surface area contributed by atoms with Crippen molar-refractivity contribution in [3.05, 3.63) is 18.0 Å². The maximum atomic E-state index is 11.9. The molecule has 2 unspecified atom stereocenters. The fourth-order valence-corrected chi connectivity index (χ4v) is 3.07. The summed E-state index contributed by atoms with van der Waals surface area (Å²) in [6, 6.07) is 1.22. The Morgan fingerprint density at radius 1 is 1.60 bits per heavy atom. The summed E-state index contributed by atoms with van der Waals surface area (Å²) in [6.07, 6.45) is 3.21. The van der Waals surface area contributed by atoms with Crippen molar-refractivity contribution >= 4 is 25.6 Å². The minimum Gasteiger partial charge on any atom is -0.378 e. The largest absolute Gasteiger partial charge is 0.378 e. The van der Waals surface area contributed by atoms with E-state index in [2.05, 4.69) is 10.3 Å². The van der Waals surface area contributed by atoms with Gasteiger partial charge in [-0.05, 0) is 18.9 Å². The maximum Gasteiger partial charge on any atom is 0.267 e. The van der Waals surface area contributed by atoms with Crippen molar-refractivity contribution in [1.82, 2.24) is 10.3 Å². The van der Waals surface area contributed by atoms with E-state index < -0.39 is 9.05 Å². The average molecular weight is 321 g/mol. The molecule has 2 rings (SSSR count). The highest BCUT2D eigenvalue weighted by Crippen LogP contribution is 2.22. The molecule has 1 saturated heterocycles. The zero-order valence-corrected chi connectivity index (χ0v) is 12.6. The monoisotopic (exact) mass is 320 g/mol. The lowest BCUT2D eigenvalue weighted by molar-refractivity contribution is 0.0825. The van der Waals surface area contributed by atoms with E-state index in [-0.39, 0.29) is 22.6 Å². The van der Waals surface area contributed by atoms with Gasteiger partial charge >= 0.3 is 0 Å². The number of aromatic nitrogens is 1. The van der Waals surface area contributed by atoms with Gasteiger partial charge in [-0.1, -0.05) is 6.92 Å². The van der Waals surface area contributed by atoms with Crippen LogP contribution in [0.2, 0.25) is 0 Å². The number of carbonyl (C=O) groups is 1. The molecule has 6 nitrogen and oxygen atoms in total. The molecule has 1 aliphatic rings. The second-order valence-corrected chi connectivity index (χ2v) is 7.33. The van der Waals surface area contributed by atoms with Crippen LogP contribution in [0.4, 0.5) is 0 Å². The topological polar surface area (TPSA) is 88.3 Å². The first kappa shape index (κ1) is 15.3. The molecule has 0 aromatic carbocycles. The van der Waals surface area contributed by atoms with E-state index >= 15 is 0 Å². The van der Waals surface area contributed by atoms with E-state index in [1.807, 2.05) is 6.92 Å². The van der Waals surface area contributed by atoms with E-state index in [1.165, 1.54) is 12.3 Å². The number of aromatic amines is 1. The Morgan fingerprint density at radius 3 is 2.95 bits per heavy atom. The molecule has 20 heavy (non-hydrogen) atoms. The van der Waals surface area contributed by atoms with E-state index in [0.29, 0.717) is 12.5 Å². The number of rotatable bonds is 5. The van der Waals surface area contributed by atoms with Gasteiger partial charge in [-0.3, -0.25) is 4.79 Å². The molecular formula is C12H17ClN2O4S. The molecule has 1 aromatic heterocycles. The molecule has 2 heterocycles. The highest BCUT2D eigenvalue weighted by atomic mass is 35.7. The second kappa shape index (κ2) is 6.15. The number of amides is 1. The van der Waals surface area contributed by atoms with E-state index in [0.717, 1.165) is 19.4 Å². The molecule has 0 bridgehead atoms. The van der Waals surface area contributed by atoms with Crippen molar-refractivity contribution in [2.24, 2.45) is 5.92 Å². The first-order valence-corrected chi connectivity index (χ1v) is 8.75. The van der Waals surface area contributed by atoms with Crippen LogP contribution in [0.25, 0.3) is 0 Å². The summed E-state index contributed by atoms with van der Waals surface area (Å²) >= 11 is 0. The van der Waals surface area contributed by atoms with Crippen LogP contribution in [-0.2, 0) is 13.8 Å². The predicted molar refractivity (Wildman–Crippen MR) is 74.3 cm³/mol. The van der Waals surface area contributed by atoms with Gasteiger partial charge in [0.05, 0.1) is 6.10 Å². The molecule has 2 N–H and O–H groups in total. The molecular weight excluding hydrogens is 304 g/mol. The third-order valence-electron chi connectivity index (χ3n) is 3.46. The number of H-pyrrole nitrogens is 1. The summed E-state index contributed by atoms with van der Waals surface area (Å²) in [5.74, 6) is -0.0477. The zero-order chi connectivity index (χ0) is 14.8. The molecule has 0 saturated carbocycles. The first-order valence-electron chi connectivity index (χ1n) is 6.44. The first-order chi connectivity index (χ1) is 9.41. The summed E-state index contributed by atoms with van der Waals surface area (Å²) in [4.78, 5) is 14.4. The van der Waals surface area contributed by atoms with Crippen molar-refractivity contribution < 1.29 is 17.9 Å². The zero-order valence-electron chi connectivity index (χ0n) is 11.1. The lowest BCUT2D eigenvalue weighted by Crippen LogP contribution is -2.32. The van der Waals surface area contributed by atoms with Crippen molar-refractivity contribution in [1.29, 1.82) is 0 Å². The van der Waals surface area contributed by atoms with Gasteiger partial charge in [0.25, 0.3) is 15.0 Å². The molecule has 1 amide bonds. The highest BCUT2D eigenvalue weighted by molar-refractivity contribution is 8.13. The van der Waals surface area contributed by atoms with Crippen molar-refractivity contribution in [2.75, 3.05) is 13.2 Å². The summed E-state index contributed by atoms with van der Waals surface area (Å²) in [7, 11) is 1.38. The van der Waals surface area contributed by atoms with Crippen LogP contribution in [0, 0.1) is 5.92 Å². The van der Waals surface area contributed by atoms with Crippen LogP contribution in [0.15, 0.2) is 17.2 Å². The van der Waals surface area contributed by atoms with Gasteiger partial charge in [-0.25, -0.2) is 8.42 Å². The molecule has 112 valence electrons. The van der Waals surface area contributed by atoms with E-state index in [9.17, 15) is 13.2 Å². The Morgan fingerprint density at radius 2 is 2.35 bits per heavy atom. The van der Waals surface area contributed by atoms with Crippen molar-refractivity contribution in [3.8, 4) is 0 Å². The maximum absolute atomic E-state index is 11.9. The molecule has 0 radical (unpaired) electrons. The molecule has 1 fully saturated rings. The SMILES string of the molecule is CCC1OCCC1CNC(=O)c1cc(S(=O)(=O)Cl)c[nH]1. The lowest BCUT2D eigenvalue weighted by atomic mass is 10.00. The smallest absolute Gasteiger partial charge is 0.267 e. The predicted octanol–water partition coefficient (Wildman–Crippen LogP) is 1.49. The van der Waals surface area contributed by atoms with Crippen LogP contribution in [-0.4, -0.2) is 38.6 Å². The fraction of sp³-hybridized carbons (Fsp3) is 0.583.